The van der Waals surface area contributed by atoms with Crippen molar-refractivity contribution in [1.29, 1.82) is 0 Å². The summed E-state index contributed by atoms with van der Waals surface area (Å²) in [5.74, 6) is 1.75. The third-order valence-electron chi connectivity index (χ3n) is 5.75. The van der Waals surface area contributed by atoms with Gasteiger partial charge < -0.3 is 23.7 Å². The van der Waals surface area contributed by atoms with Gasteiger partial charge in [-0.25, -0.2) is 4.79 Å². The molecule has 1 aromatic heterocycles. The summed E-state index contributed by atoms with van der Waals surface area (Å²) in [5, 5.41) is 0. The van der Waals surface area contributed by atoms with Gasteiger partial charge in [0.05, 0.1) is 26.2 Å². The van der Waals surface area contributed by atoms with Gasteiger partial charge in [-0.1, -0.05) is 6.07 Å². The summed E-state index contributed by atoms with van der Waals surface area (Å²) < 4.78 is 28.0. The zero-order valence-electron chi connectivity index (χ0n) is 19.8. The molecule has 1 aliphatic carbocycles. The predicted molar refractivity (Wildman–Crippen MR) is 132 cm³/mol. The monoisotopic (exact) mass is 495 g/mol. The van der Waals surface area contributed by atoms with Gasteiger partial charge in [-0.3, -0.25) is 9.78 Å². The molecule has 0 aliphatic heterocycles. The predicted octanol–water partition coefficient (Wildman–Crippen LogP) is 5.06. The molecule has 0 radical (unpaired) electrons. The topological polar surface area (TPSA) is 93.2 Å². The first-order valence-corrected chi connectivity index (χ1v) is 12.1. The van der Waals surface area contributed by atoms with Crippen molar-refractivity contribution < 1.29 is 28.5 Å². The van der Waals surface area contributed by atoms with Gasteiger partial charge in [-0.2, -0.15) is 0 Å². The highest BCUT2D eigenvalue weighted by Crippen LogP contribution is 2.50. The largest absolute Gasteiger partial charge is 0.514 e. The van der Waals surface area contributed by atoms with Gasteiger partial charge in [-0.05, 0) is 60.6 Å². The van der Waals surface area contributed by atoms with Crippen LogP contribution in [0.4, 0.5) is 4.79 Å². The van der Waals surface area contributed by atoms with E-state index in [0.717, 1.165) is 11.1 Å². The molecule has 0 N–H and O–H groups in total. The second-order valence-corrected chi connectivity index (χ2v) is 8.49. The highest BCUT2D eigenvalue weighted by atomic mass is 32.2. The van der Waals surface area contributed by atoms with E-state index in [2.05, 4.69) is 4.98 Å². The maximum atomic E-state index is 13.0. The van der Waals surface area contributed by atoms with Crippen molar-refractivity contribution in [2.24, 2.45) is 0 Å². The number of benzene rings is 1. The minimum atomic E-state index is -0.871. The Hall–Kier alpha value is -3.72. The Labute approximate surface area is 207 Å². The Balaban J connectivity index is 1.87. The molecule has 0 saturated carbocycles. The van der Waals surface area contributed by atoms with Crippen molar-refractivity contribution >= 4 is 17.9 Å². The minimum Gasteiger partial charge on any atom is -0.493 e. The molecule has 0 amide bonds. The summed E-state index contributed by atoms with van der Waals surface area (Å²) in [6, 6.07) is 10.1. The van der Waals surface area contributed by atoms with E-state index in [1.54, 1.807) is 32.4 Å². The molecule has 8 nitrogen and oxygen atoms in total. The van der Waals surface area contributed by atoms with Gasteiger partial charge in [0.1, 0.15) is 11.9 Å². The lowest BCUT2D eigenvalue weighted by molar-refractivity contribution is 0.0547. The normalized spacial score (nSPS) is 14.1. The quantitative estimate of drug-likeness (QED) is 0.344. The van der Waals surface area contributed by atoms with Gasteiger partial charge in [0.25, 0.3) is 0 Å². The number of carbonyl (C=O) groups excluding carboxylic acids is 1. The van der Waals surface area contributed by atoms with Crippen LogP contribution in [0.2, 0.25) is 0 Å². The molecule has 0 unspecified atom stereocenters. The number of methoxy groups -OCH3 is 3. The van der Waals surface area contributed by atoms with Crippen molar-refractivity contribution in [3.63, 3.8) is 0 Å². The van der Waals surface area contributed by atoms with Gasteiger partial charge in [0.2, 0.25) is 5.75 Å². The van der Waals surface area contributed by atoms with Crippen molar-refractivity contribution in [2.45, 2.75) is 23.8 Å². The fourth-order valence-electron chi connectivity index (χ4n) is 4.20. The average Bonchev–Trinajstić information content (AvgIpc) is 3.11. The Kier molecular flexibility index (Phi) is 7.45. The molecule has 0 bridgehead atoms. The van der Waals surface area contributed by atoms with E-state index in [4.69, 9.17) is 23.7 Å². The van der Waals surface area contributed by atoms with Crippen molar-refractivity contribution in [1.82, 2.24) is 4.98 Å². The maximum Gasteiger partial charge on any atom is 0.514 e. The van der Waals surface area contributed by atoms with Gasteiger partial charge >= 0.3 is 6.16 Å². The highest BCUT2D eigenvalue weighted by molar-refractivity contribution is 7.98. The van der Waals surface area contributed by atoms with E-state index in [1.165, 1.54) is 37.3 Å². The second kappa shape index (κ2) is 10.7. The molecule has 0 fully saturated rings. The zero-order valence-corrected chi connectivity index (χ0v) is 20.6. The third kappa shape index (κ3) is 4.90. The number of aromatic nitrogens is 1. The number of ether oxygens (including phenoxy) is 5. The Morgan fingerprint density at radius 2 is 1.74 bits per heavy atom. The molecule has 1 heterocycles. The number of hydrogen-bond acceptors (Lipinski definition) is 9. The summed E-state index contributed by atoms with van der Waals surface area (Å²) in [5.41, 5.74) is 2.77. The van der Waals surface area contributed by atoms with Crippen molar-refractivity contribution in [3.05, 3.63) is 70.1 Å². The first-order chi connectivity index (χ1) is 17.0. The zero-order chi connectivity index (χ0) is 24.9. The molecule has 0 saturated heterocycles. The number of aryl methyl sites for hydroxylation is 1. The number of nitrogens with zero attached hydrogens (tertiary/aromatic N) is 1. The van der Waals surface area contributed by atoms with Crippen LogP contribution < -0.4 is 24.4 Å². The summed E-state index contributed by atoms with van der Waals surface area (Å²) in [6.07, 6.45) is 4.21. The van der Waals surface area contributed by atoms with Crippen LogP contribution in [0.3, 0.4) is 0 Å². The summed E-state index contributed by atoms with van der Waals surface area (Å²) in [7, 11) is 4.65. The van der Waals surface area contributed by atoms with Crippen LogP contribution in [0.25, 0.3) is 11.1 Å². The molecule has 0 spiro atoms. The van der Waals surface area contributed by atoms with E-state index in [1.807, 2.05) is 18.4 Å². The average molecular weight is 496 g/mol. The Morgan fingerprint density at radius 1 is 1.00 bits per heavy atom. The highest BCUT2D eigenvalue weighted by Gasteiger charge is 2.31. The van der Waals surface area contributed by atoms with Crippen LogP contribution in [-0.4, -0.2) is 38.7 Å². The molecular formula is C26H25NO7S. The fraction of sp³-hybridized carbons (Fsp3) is 0.269. The molecule has 2 aromatic carbocycles. The van der Waals surface area contributed by atoms with Gasteiger partial charge in [0, 0.05) is 23.5 Å². The van der Waals surface area contributed by atoms with E-state index >= 15 is 0 Å². The first-order valence-electron chi connectivity index (χ1n) is 10.8. The first kappa shape index (κ1) is 24.4. The Morgan fingerprint density at radius 3 is 2.40 bits per heavy atom. The van der Waals surface area contributed by atoms with Gasteiger partial charge in [-0.15, -0.1) is 11.8 Å². The number of rotatable bonds is 6. The lowest BCUT2D eigenvalue weighted by Crippen LogP contribution is -2.16. The molecule has 35 heavy (non-hydrogen) atoms. The number of fused-ring (bicyclic) bond motifs is 3. The van der Waals surface area contributed by atoms with Crippen LogP contribution >= 0.6 is 11.8 Å². The van der Waals surface area contributed by atoms with E-state index in [-0.39, 0.29) is 5.43 Å². The van der Waals surface area contributed by atoms with Gasteiger partial charge in [0.15, 0.2) is 16.9 Å². The second-order valence-electron chi connectivity index (χ2n) is 7.64. The van der Waals surface area contributed by atoms with Crippen LogP contribution in [-0.2, 0) is 11.2 Å². The molecule has 3 aromatic rings. The van der Waals surface area contributed by atoms with E-state index < -0.39 is 12.3 Å². The fourth-order valence-corrected chi connectivity index (χ4v) is 4.66. The summed E-state index contributed by atoms with van der Waals surface area (Å²) in [4.78, 5) is 30.1. The maximum absolute atomic E-state index is 13.0. The molecule has 4 rings (SSSR count). The standard InChI is InChI=1S/C26H25NO7S/c1-30-21-13-15-5-7-20(34-26(29)33-16-9-11-27-12-10-16)18-14-19(28)22(35-4)8-6-17(18)23(15)25(32-3)24(21)31-2/h6,8-14,20H,5,7H2,1-4H3/t20-/m0/s1. The van der Waals surface area contributed by atoms with E-state index in [0.29, 0.717) is 51.9 Å². The third-order valence-corrected chi connectivity index (χ3v) is 6.53. The summed E-state index contributed by atoms with van der Waals surface area (Å²) in [6.45, 7) is 0. The SMILES string of the molecule is COc1cc2c(c(OC)c1OC)-c1ccc(SC)c(=O)cc1[C@@H](OC(=O)Oc1ccncc1)CC2. The number of pyridine rings is 1. The molecule has 9 heteroatoms. The number of carbonyl (C=O) groups is 1. The molecular weight excluding hydrogens is 470 g/mol. The lowest BCUT2D eigenvalue weighted by atomic mass is 9.96. The van der Waals surface area contributed by atoms with Crippen molar-refractivity contribution in [2.75, 3.05) is 27.6 Å². The Bertz CT molecular complexity index is 1300. The molecule has 1 atom stereocenters. The molecule has 182 valence electrons. The minimum absolute atomic E-state index is 0.169. The van der Waals surface area contributed by atoms with Crippen molar-refractivity contribution in [3.8, 4) is 34.1 Å². The van der Waals surface area contributed by atoms with Crippen LogP contribution in [0.15, 0.2) is 58.5 Å². The van der Waals surface area contributed by atoms with Crippen LogP contribution in [0, 0.1) is 0 Å². The van der Waals surface area contributed by atoms with Crippen LogP contribution in [0.1, 0.15) is 23.7 Å². The smallest absolute Gasteiger partial charge is 0.493 e. The van der Waals surface area contributed by atoms with E-state index in [9.17, 15) is 9.59 Å². The summed E-state index contributed by atoms with van der Waals surface area (Å²) >= 11 is 1.35. The molecule has 1 aliphatic rings. The number of hydrogen-bond donors (Lipinski definition) is 0. The number of thioether (sulfide) groups is 1. The van der Waals surface area contributed by atoms with Crippen LogP contribution in [0.5, 0.6) is 23.0 Å². The lowest BCUT2D eigenvalue weighted by Gasteiger charge is -2.19.